The first-order valence-electron chi connectivity index (χ1n) is 9.89. The number of nitrogens with zero attached hydrogens (tertiary/aromatic N) is 4. The van der Waals surface area contributed by atoms with Crippen LogP contribution >= 0.6 is 0 Å². The largest absolute Gasteiger partial charge is 0.308 e. The molecule has 2 N–H and O–H groups in total. The molecule has 5 rings (SSSR count). The van der Waals surface area contributed by atoms with E-state index in [4.69, 9.17) is 5.10 Å². The molecule has 3 heterocycles. The summed E-state index contributed by atoms with van der Waals surface area (Å²) in [6.45, 7) is 1.86. The maximum Gasteiger partial charge on any atom is 0.250 e. The molecule has 0 radical (unpaired) electrons. The maximum atomic E-state index is 12.7. The molecule has 0 spiro atoms. The molecule has 1 aromatic carbocycles. The van der Waals surface area contributed by atoms with Crippen LogP contribution in [-0.2, 0) is 15.9 Å². The predicted octanol–water partition coefficient (Wildman–Crippen LogP) is 3.28. The van der Waals surface area contributed by atoms with Crippen molar-refractivity contribution in [2.75, 3.05) is 12.4 Å². The quantitative estimate of drug-likeness (QED) is 0.717. The second-order valence-corrected chi connectivity index (χ2v) is 8.10. The lowest BCUT2D eigenvalue weighted by atomic mass is 9.74. The molecule has 2 aromatic heterocycles. The van der Waals surface area contributed by atoms with Crippen LogP contribution in [0.25, 0.3) is 22.2 Å². The zero-order chi connectivity index (χ0) is 20.2. The molecule has 1 aliphatic carbocycles. The lowest BCUT2D eigenvalue weighted by molar-refractivity contribution is -0.121. The summed E-state index contributed by atoms with van der Waals surface area (Å²) in [7, 11) is 1.78. The van der Waals surface area contributed by atoms with Gasteiger partial charge in [0.25, 0.3) is 0 Å². The van der Waals surface area contributed by atoms with Gasteiger partial charge in [0.2, 0.25) is 5.91 Å². The van der Waals surface area contributed by atoms with Crippen molar-refractivity contribution in [1.82, 2.24) is 20.1 Å². The van der Waals surface area contributed by atoms with Crippen molar-refractivity contribution < 1.29 is 4.79 Å². The summed E-state index contributed by atoms with van der Waals surface area (Å²) in [5.41, 5.74) is 2.40. The second kappa shape index (κ2) is 6.13. The van der Waals surface area contributed by atoms with E-state index in [1.54, 1.807) is 13.2 Å². The van der Waals surface area contributed by atoms with Crippen molar-refractivity contribution in [3.8, 4) is 17.3 Å². The number of nitrogens with one attached hydrogen (secondary N) is 2. The molecular weight excluding hydrogens is 364 g/mol. The highest BCUT2D eigenvalue weighted by molar-refractivity contribution is 6.08. The molecule has 1 unspecified atom stereocenters. The minimum Gasteiger partial charge on any atom is -0.308 e. The van der Waals surface area contributed by atoms with Gasteiger partial charge in [-0.15, -0.1) is 0 Å². The fourth-order valence-electron chi connectivity index (χ4n) is 4.67. The molecule has 7 heteroatoms. The highest BCUT2D eigenvalue weighted by Gasteiger charge is 2.46. The van der Waals surface area contributed by atoms with E-state index >= 15 is 0 Å². The summed E-state index contributed by atoms with van der Waals surface area (Å²) in [6, 6.07) is 12.4. The number of pyridine rings is 1. The molecular formula is C22H22N6O. The number of aromatic nitrogens is 3. The fraction of sp³-hybridized carbons (Fsp3) is 0.364. The third kappa shape index (κ3) is 2.29. The van der Waals surface area contributed by atoms with Crippen LogP contribution in [-0.4, -0.2) is 27.7 Å². The van der Waals surface area contributed by atoms with Gasteiger partial charge < -0.3 is 10.6 Å². The number of amides is 1. The number of hydrogen-bond donors (Lipinski definition) is 2. The van der Waals surface area contributed by atoms with Crippen molar-refractivity contribution in [3.63, 3.8) is 0 Å². The molecule has 2 aliphatic rings. The molecule has 1 atom stereocenters. The Morgan fingerprint density at radius 3 is 2.79 bits per heavy atom. The Balaban J connectivity index is 1.79. The number of carbonyl (C=O) groups excluding carboxylic acids is 1. The molecule has 0 saturated heterocycles. The van der Waals surface area contributed by atoms with Gasteiger partial charge in [-0.25, -0.2) is 4.98 Å². The van der Waals surface area contributed by atoms with E-state index < -0.39 is 5.54 Å². The zero-order valence-electron chi connectivity index (χ0n) is 16.5. The van der Waals surface area contributed by atoms with Gasteiger partial charge in [0.15, 0.2) is 0 Å². The second-order valence-electron chi connectivity index (χ2n) is 8.10. The maximum absolute atomic E-state index is 12.7. The van der Waals surface area contributed by atoms with Gasteiger partial charge >= 0.3 is 0 Å². The standard InChI is InChI=1S/C22H22N6O/c1-21(24-2)17-15(8-13-25-19(17)26-20(21)29)18-14-6-3-4-7-16(14)28(27-18)22(11-12-23)9-5-10-22/h3-4,6-8,13,24H,5,9-11H2,1-2H3,(H,25,26,29). The molecule has 146 valence electrons. The van der Waals surface area contributed by atoms with Crippen molar-refractivity contribution in [2.45, 2.75) is 43.7 Å². The van der Waals surface area contributed by atoms with Gasteiger partial charge in [0.05, 0.1) is 23.5 Å². The lowest BCUT2D eigenvalue weighted by Crippen LogP contribution is -2.43. The molecule has 29 heavy (non-hydrogen) atoms. The van der Waals surface area contributed by atoms with Crippen LogP contribution in [0, 0.1) is 11.3 Å². The third-order valence-corrected chi connectivity index (χ3v) is 6.62. The molecule has 1 aliphatic heterocycles. The van der Waals surface area contributed by atoms with E-state index in [0.29, 0.717) is 12.2 Å². The van der Waals surface area contributed by atoms with Crippen LogP contribution in [0.5, 0.6) is 0 Å². The summed E-state index contributed by atoms with van der Waals surface area (Å²) in [4.78, 5) is 17.0. The number of hydrogen-bond acceptors (Lipinski definition) is 5. The first-order valence-corrected chi connectivity index (χ1v) is 9.89. The van der Waals surface area contributed by atoms with Gasteiger partial charge in [-0.3, -0.25) is 9.48 Å². The Morgan fingerprint density at radius 2 is 2.10 bits per heavy atom. The first kappa shape index (κ1) is 17.8. The normalized spacial score (nSPS) is 22.0. The van der Waals surface area contributed by atoms with E-state index in [0.717, 1.165) is 47.0 Å². The third-order valence-electron chi connectivity index (χ3n) is 6.62. The Kier molecular flexibility index (Phi) is 3.77. The number of rotatable bonds is 4. The van der Waals surface area contributed by atoms with Crippen molar-refractivity contribution in [2.24, 2.45) is 0 Å². The summed E-state index contributed by atoms with van der Waals surface area (Å²) >= 11 is 0. The molecule has 1 amide bonds. The highest BCUT2D eigenvalue weighted by Crippen LogP contribution is 2.46. The minimum atomic E-state index is -0.884. The van der Waals surface area contributed by atoms with Crippen LogP contribution < -0.4 is 10.6 Å². The van der Waals surface area contributed by atoms with Gasteiger partial charge in [-0.1, -0.05) is 18.2 Å². The zero-order valence-corrected chi connectivity index (χ0v) is 16.5. The van der Waals surface area contributed by atoms with Crippen molar-refractivity contribution in [3.05, 3.63) is 42.1 Å². The van der Waals surface area contributed by atoms with Gasteiger partial charge in [0, 0.05) is 22.7 Å². The molecule has 3 aromatic rings. The fourth-order valence-corrected chi connectivity index (χ4v) is 4.67. The number of fused-ring (bicyclic) bond motifs is 2. The number of nitriles is 1. The minimum absolute atomic E-state index is 0.126. The van der Waals surface area contributed by atoms with Crippen LogP contribution in [0.2, 0.25) is 0 Å². The predicted molar refractivity (Wildman–Crippen MR) is 110 cm³/mol. The Hall–Kier alpha value is -3.24. The SMILES string of the molecule is CNC1(C)C(=O)Nc2nccc(-c3nn(C4(CC#N)CCC4)c4ccccc34)c21. The van der Waals surface area contributed by atoms with Crippen molar-refractivity contribution >= 4 is 22.6 Å². The number of carbonyl (C=O) groups is 1. The highest BCUT2D eigenvalue weighted by atomic mass is 16.2. The number of anilines is 1. The smallest absolute Gasteiger partial charge is 0.250 e. The first-order chi connectivity index (χ1) is 14.0. The summed E-state index contributed by atoms with van der Waals surface area (Å²) in [5, 5.41) is 21.5. The monoisotopic (exact) mass is 386 g/mol. The van der Waals surface area contributed by atoms with Gasteiger partial charge in [-0.2, -0.15) is 10.4 Å². The van der Waals surface area contributed by atoms with Gasteiger partial charge in [-0.05, 0) is 45.4 Å². The van der Waals surface area contributed by atoms with Crippen LogP contribution in [0.4, 0.5) is 5.82 Å². The average Bonchev–Trinajstić information content (AvgIpc) is 3.21. The Bertz CT molecular complexity index is 1190. The molecule has 0 bridgehead atoms. The average molecular weight is 386 g/mol. The molecule has 7 nitrogen and oxygen atoms in total. The topological polar surface area (TPSA) is 95.6 Å². The van der Waals surface area contributed by atoms with E-state index in [-0.39, 0.29) is 11.4 Å². The van der Waals surface area contributed by atoms with E-state index in [1.807, 2.05) is 25.1 Å². The number of likely N-dealkylation sites (N-methyl/N-ethyl adjacent to an activating group) is 1. The Labute approximate surface area is 168 Å². The number of para-hydroxylation sites is 1. The van der Waals surface area contributed by atoms with Crippen LogP contribution in [0.1, 0.15) is 38.2 Å². The summed E-state index contributed by atoms with van der Waals surface area (Å²) in [5.74, 6) is 0.442. The van der Waals surface area contributed by atoms with Gasteiger partial charge in [0.1, 0.15) is 17.1 Å². The Morgan fingerprint density at radius 1 is 1.31 bits per heavy atom. The van der Waals surface area contributed by atoms with E-state index in [1.165, 1.54) is 0 Å². The summed E-state index contributed by atoms with van der Waals surface area (Å²) < 4.78 is 2.05. The van der Waals surface area contributed by atoms with Crippen LogP contribution in [0.15, 0.2) is 36.5 Å². The lowest BCUT2D eigenvalue weighted by Gasteiger charge is -2.40. The molecule has 1 saturated carbocycles. The summed E-state index contributed by atoms with van der Waals surface area (Å²) in [6.07, 6.45) is 5.16. The van der Waals surface area contributed by atoms with Crippen molar-refractivity contribution in [1.29, 1.82) is 5.26 Å². The van der Waals surface area contributed by atoms with E-state index in [2.05, 4.69) is 38.5 Å². The van der Waals surface area contributed by atoms with E-state index in [9.17, 15) is 10.1 Å². The number of benzene rings is 1. The molecule has 1 fully saturated rings. The van der Waals surface area contributed by atoms with Crippen LogP contribution in [0.3, 0.4) is 0 Å².